The smallest absolute Gasteiger partial charge is 0.364 e. The Morgan fingerprint density at radius 2 is 0.711 bits per heavy atom. The summed E-state index contributed by atoms with van der Waals surface area (Å²) < 4.78 is 47.0. The molecule has 0 aromatic rings. The van der Waals surface area contributed by atoms with Crippen LogP contribution < -0.4 is 36.3 Å². The lowest BCUT2D eigenvalue weighted by molar-refractivity contribution is -0.883. The van der Waals surface area contributed by atoms with Crippen LogP contribution in [0.25, 0.3) is 0 Å². The predicted molar refractivity (Wildman–Crippen MR) is 429 cm³/mol. The zero-order valence-corrected chi connectivity index (χ0v) is 73.4. The lowest BCUT2D eigenvalue weighted by Crippen LogP contribution is -3.00. The van der Waals surface area contributed by atoms with Crippen LogP contribution in [0.2, 0.25) is 0 Å². The molecule has 0 fully saturated rings. The molecule has 8 N–H and O–H groups in total. The van der Waals surface area contributed by atoms with Crippen molar-refractivity contribution in [3.05, 3.63) is 12.2 Å². The average Bonchev–Trinajstić information content (AvgIpc) is 0.956. The van der Waals surface area contributed by atoms with E-state index >= 15 is 0 Å². The molecule has 0 aromatic carbocycles. The maximum Gasteiger partial charge on any atom is 0.364 e. The highest BCUT2D eigenvalue weighted by atomic mass is 35.5. The molecule has 0 aromatic heterocycles. The number of likely N-dealkylation sites (N-methyl/N-ethyl adjacent to an activating group) is 2. The van der Waals surface area contributed by atoms with E-state index in [1.807, 2.05) is 35.1 Å². The van der Waals surface area contributed by atoms with E-state index in [9.17, 15) is 63.0 Å². The van der Waals surface area contributed by atoms with Crippen molar-refractivity contribution >= 4 is 65.7 Å². The molecule has 0 spiro atoms. The molecule has 114 heavy (non-hydrogen) atoms. The zero-order valence-electron chi connectivity index (χ0n) is 71.9. The van der Waals surface area contributed by atoms with Gasteiger partial charge in [-0.1, -0.05) is 187 Å². The van der Waals surface area contributed by atoms with Crippen LogP contribution in [0.1, 0.15) is 330 Å². The minimum atomic E-state index is -1.14. The maximum atomic E-state index is 12.7. The second-order valence-electron chi connectivity index (χ2n) is 30.7. The van der Waals surface area contributed by atoms with Crippen molar-refractivity contribution in [3.63, 3.8) is 0 Å². The van der Waals surface area contributed by atoms with Crippen LogP contribution in [0.15, 0.2) is 12.2 Å². The summed E-state index contributed by atoms with van der Waals surface area (Å²) in [7, 11) is 8.90. The maximum absolute atomic E-state index is 12.7. The van der Waals surface area contributed by atoms with Gasteiger partial charge in [-0.15, -0.1) is 0 Å². The number of aliphatic carboxylic acids is 2. The first kappa shape index (κ1) is 117. The highest BCUT2D eigenvalue weighted by Crippen LogP contribution is 2.22. The summed E-state index contributed by atoms with van der Waals surface area (Å²) >= 11 is 0. The number of aliphatic hydroxyl groups is 2. The first-order valence-corrected chi connectivity index (χ1v) is 42.3. The molecule has 6 unspecified atom stereocenters. The molecular formula is C84H156Cl2N4O24. The van der Waals surface area contributed by atoms with E-state index in [1.165, 1.54) is 27.4 Å². The summed E-state index contributed by atoms with van der Waals surface area (Å²) in [5.74, 6) is -5.35. The summed E-state index contributed by atoms with van der Waals surface area (Å²) in [5, 5.41) is 38.8. The van der Waals surface area contributed by atoms with Gasteiger partial charge in [0.25, 0.3) is 0 Å². The van der Waals surface area contributed by atoms with Crippen molar-refractivity contribution in [1.82, 2.24) is 0 Å². The number of carboxylic acids is 2. The van der Waals surface area contributed by atoms with E-state index < -0.39 is 79.1 Å². The van der Waals surface area contributed by atoms with Crippen molar-refractivity contribution < 1.29 is 150 Å². The number of unbranched alkanes of at least 4 members (excludes halogenated alkanes) is 26. The second-order valence-corrected chi connectivity index (χ2v) is 30.7. The Labute approximate surface area is 696 Å². The number of aliphatic hydroxyl groups excluding tert-OH is 2. The van der Waals surface area contributed by atoms with Crippen LogP contribution in [0, 0.1) is 0 Å². The molecule has 0 bridgehead atoms. The van der Waals surface area contributed by atoms with Gasteiger partial charge in [0.2, 0.25) is 6.79 Å². The van der Waals surface area contributed by atoms with Crippen molar-refractivity contribution in [3.8, 4) is 0 Å². The molecule has 670 valence electrons. The van der Waals surface area contributed by atoms with Crippen LogP contribution in [0.4, 0.5) is 0 Å². The molecule has 0 radical (unpaired) electrons. The van der Waals surface area contributed by atoms with Gasteiger partial charge in [0.1, 0.15) is 56.7 Å². The third-order valence-electron chi connectivity index (χ3n) is 18.9. The molecule has 28 nitrogen and oxygen atoms in total. The van der Waals surface area contributed by atoms with Gasteiger partial charge in [-0.2, -0.15) is 0 Å². The highest BCUT2D eigenvalue weighted by Gasteiger charge is 2.28. The first-order valence-electron chi connectivity index (χ1n) is 42.3. The summed E-state index contributed by atoms with van der Waals surface area (Å²) in [6.07, 6.45) is 39.3. The van der Waals surface area contributed by atoms with Crippen LogP contribution in [-0.4, -0.2) is 226 Å². The van der Waals surface area contributed by atoms with E-state index in [4.69, 9.17) is 59.6 Å². The zero-order chi connectivity index (χ0) is 84.6. The molecule has 0 aliphatic heterocycles. The van der Waals surface area contributed by atoms with Gasteiger partial charge in [0.15, 0.2) is 13.1 Å². The van der Waals surface area contributed by atoms with E-state index in [0.717, 1.165) is 199 Å². The topological polar surface area (TPSA) is 404 Å². The minimum absolute atomic E-state index is 0. The number of esters is 9. The molecule has 0 saturated heterocycles. The lowest BCUT2D eigenvalue weighted by atomic mass is 9.99. The van der Waals surface area contributed by atoms with Gasteiger partial charge in [-0.25, -0.2) is 9.59 Å². The molecule has 0 aliphatic carbocycles. The van der Waals surface area contributed by atoms with Gasteiger partial charge < -0.3 is 108 Å². The molecule has 0 saturated carbocycles. The lowest BCUT2D eigenvalue weighted by Gasteiger charge is -2.29. The van der Waals surface area contributed by atoms with Gasteiger partial charge in [-0.3, -0.25) is 43.2 Å². The SMILES string of the molecule is CCCCCC(OC(=O)CCC(N)C(=O)O)C(O)CCCCCCCCCCC(=O)OC.CCCCCC(OC(=O)CCC(N)C(=O)O)C(O)CCCCCCCCCCC(=O)OCC.CCCCCC[C@H](C/C=C\CCCCCCCC(=O)OCOC(=O)C[N+](C)(C)CCOC(C)=O)OC(=O)C[N+](C)(C)CCOC(C)=O.[Cl-].[Cl-]. The number of methoxy groups -OCH3 is 1. The Bertz CT molecular complexity index is 2510. The number of carbonyl (C=O) groups excluding carboxylic acids is 9. The molecule has 30 heteroatoms. The fourth-order valence-corrected chi connectivity index (χ4v) is 11.9. The van der Waals surface area contributed by atoms with E-state index in [2.05, 4.69) is 37.7 Å². The number of halogens is 2. The van der Waals surface area contributed by atoms with Gasteiger partial charge in [0.05, 0.1) is 54.1 Å². The highest BCUT2D eigenvalue weighted by molar-refractivity contribution is 5.76. The summed E-state index contributed by atoms with van der Waals surface area (Å²) in [6, 6.07) is -2.17. The number of nitrogens with zero attached hydrogens (tertiary/aromatic N) is 2. The number of ether oxygens (including phenoxy) is 9. The third kappa shape index (κ3) is 78.8. The fourth-order valence-electron chi connectivity index (χ4n) is 11.9. The number of allylic oxidation sites excluding steroid dienone is 1. The predicted octanol–water partition coefficient (Wildman–Crippen LogP) is 7.48. The molecule has 0 rings (SSSR count). The number of hydrogen-bond acceptors (Lipinski definition) is 24. The number of hydrogen-bond donors (Lipinski definition) is 6. The van der Waals surface area contributed by atoms with Crippen molar-refractivity contribution in [1.29, 1.82) is 0 Å². The average molecular weight is 1680 g/mol. The molecule has 0 heterocycles. The molecular weight excluding hydrogens is 1520 g/mol. The largest absolute Gasteiger partial charge is 1.00 e. The summed E-state index contributed by atoms with van der Waals surface area (Å²) in [4.78, 5) is 127. The summed E-state index contributed by atoms with van der Waals surface area (Å²) in [5.41, 5.74) is 10.9. The Hall–Kier alpha value is -5.75. The molecule has 0 aliphatic rings. The Morgan fingerprint density at radius 3 is 1.11 bits per heavy atom. The number of carbonyl (C=O) groups is 11. The number of rotatable bonds is 71. The van der Waals surface area contributed by atoms with Gasteiger partial charge in [-0.05, 0) is 103 Å². The Balaban J connectivity index is -0.000000530. The molecule has 0 amide bonds. The van der Waals surface area contributed by atoms with Crippen molar-refractivity contribution in [2.75, 3.05) is 88.1 Å². The van der Waals surface area contributed by atoms with Crippen molar-refractivity contribution in [2.24, 2.45) is 11.5 Å². The quantitative estimate of drug-likeness (QED) is 0.00858. The van der Waals surface area contributed by atoms with Gasteiger partial charge >= 0.3 is 65.7 Å². The minimum Gasteiger partial charge on any atom is -1.00 e. The number of quaternary nitrogens is 2. The fraction of sp³-hybridized carbons (Fsp3) is 0.845. The first-order chi connectivity index (χ1) is 53.3. The monoisotopic (exact) mass is 1680 g/mol. The Kier molecular flexibility index (Phi) is 80.4. The standard InChI is InChI=1S/C35H64N2O10.C25H47NO7.C24H45NO7.2ClH/c1-8-9-10-17-20-32(47-35(42)28-37(6,7)24-26-44-31(3)39)21-18-15-13-11-12-14-16-19-22-33(40)45-29-46-34(41)27-36(4,5)23-25-43-30(2)38;1-3-5-12-16-22(33-24(29)19-18-20(26)25(30)31)21(27)15-13-10-8-6-7-9-11-14-17-23(28)32-4-2;1-3-4-11-15-21(32-23(28)18-17-19(25)24(29)30)20(26)14-12-9-7-5-6-8-10-13-16-22(27)31-2;;/h15,18,32H,8-14,16-17,19-29H2,1-7H3;20-22,27H,3-19,26H2,1-2H3,(H,30,31);19-21,26H,3-18,25H2,1-2H3,(H,29,30);2*1H/q+2;;;;/p-2/b18-15-;;;;/t32-;;;;/m1..../s1. The van der Waals surface area contributed by atoms with Crippen LogP contribution >= 0.6 is 0 Å². The normalized spacial score (nSPS) is 13.0. The van der Waals surface area contributed by atoms with Gasteiger partial charge in [0, 0.05) is 52.4 Å². The summed E-state index contributed by atoms with van der Waals surface area (Å²) in [6.45, 7) is 12.7. The second kappa shape index (κ2) is 78.4. The van der Waals surface area contributed by atoms with Crippen LogP contribution in [-0.2, 0) is 95.4 Å². The van der Waals surface area contributed by atoms with E-state index in [1.54, 1.807) is 0 Å². The van der Waals surface area contributed by atoms with E-state index in [0.29, 0.717) is 75.5 Å². The Morgan fingerprint density at radius 1 is 0.368 bits per heavy atom. The number of nitrogens with two attached hydrogens (primary N) is 2. The van der Waals surface area contributed by atoms with Crippen LogP contribution in [0.5, 0.6) is 0 Å². The van der Waals surface area contributed by atoms with E-state index in [-0.39, 0.29) is 124 Å². The third-order valence-corrected chi connectivity index (χ3v) is 18.9. The molecule has 7 atom stereocenters. The van der Waals surface area contributed by atoms with Crippen LogP contribution in [0.3, 0.4) is 0 Å². The van der Waals surface area contributed by atoms with Crippen molar-refractivity contribution in [2.45, 2.75) is 373 Å². The number of carboxylic acid groups (broad SMARTS) is 2.